The standard InChI is InChI=1S/C12H12BrCl/c13-10-1-2-11-8(5-10)3-4-12(11)6-9(12)7-14/h1-2,5,9H,3-4,6-7H2. The summed E-state index contributed by atoms with van der Waals surface area (Å²) in [6.07, 6.45) is 3.86. The fraction of sp³-hybridized carbons (Fsp3) is 0.500. The van der Waals surface area contributed by atoms with E-state index in [-0.39, 0.29) is 0 Å². The maximum atomic E-state index is 5.96. The van der Waals surface area contributed by atoms with Gasteiger partial charge in [-0.15, -0.1) is 11.6 Å². The number of rotatable bonds is 1. The maximum Gasteiger partial charge on any atom is 0.0260 e. The minimum absolute atomic E-state index is 0.484. The highest BCUT2D eigenvalue weighted by molar-refractivity contribution is 9.10. The summed E-state index contributed by atoms with van der Waals surface area (Å²) in [6, 6.07) is 6.72. The van der Waals surface area contributed by atoms with E-state index in [9.17, 15) is 0 Å². The second kappa shape index (κ2) is 2.99. The van der Waals surface area contributed by atoms with Crippen molar-refractivity contribution in [3.8, 4) is 0 Å². The molecule has 0 bridgehead atoms. The molecule has 0 heterocycles. The monoisotopic (exact) mass is 270 g/mol. The van der Waals surface area contributed by atoms with E-state index in [1.807, 2.05) is 0 Å². The van der Waals surface area contributed by atoms with E-state index in [0.29, 0.717) is 5.41 Å². The summed E-state index contributed by atoms with van der Waals surface area (Å²) in [5.41, 5.74) is 3.59. The molecule has 0 saturated heterocycles. The lowest BCUT2D eigenvalue weighted by molar-refractivity contribution is 0.625. The van der Waals surface area contributed by atoms with E-state index < -0.39 is 0 Å². The molecule has 2 aliphatic rings. The van der Waals surface area contributed by atoms with Crippen molar-refractivity contribution in [3.05, 3.63) is 33.8 Å². The van der Waals surface area contributed by atoms with Crippen LogP contribution in [0.2, 0.25) is 0 Å². The van der Waals surface area contributed by atoms with Gasteiger partial charge in [-0.3, -0.25) is 0 Å². The lowest BCUT2D eigenvalue weighted by Gasteiger charge is -2.10. The van der Waals surface area contributed by atoms with Gasteiger partial charge in [0.15, 0.2) is 0 Å². The number of benzene rings is 1. The summed E-state index contributed by atoms with van der Waals surface area (Å²) in [7, 11) is 0. The number of hydrogen-bond donors (Lipinski definition) is 0. The highest BCUT2D eigenvalue weighted by Crippen LogP contribution is 2.61. The molecule has 14 heavy (non-hydrogen) atoms. The Kier molecular flexibility index (Phi) is 1.97. The number of fused-ring (bicyclic) bond motifs is 2. The Balaban J connectivity index is 2.04. The van der Waals surface area contributed by atoms with Gasteiger partial charge in [-0.1, -0.05) is 22.0 Å². The van der Waals surface area contributed by atoms with Crippen LogP contribution in [-0.2, 0) is 11.8 Å². The van der Waals surface area contributed by atoms with Crippen molar-refractivity contribution in [3.63, 3.8) is 0 Å². The van der Waals surface area contributed by atoms with Gasteiger partial charge in [0.2, 0.25) is 0 Å². The Morgan fingerprint density at radius 2 is 2.36 bits per heavy atom. The molecular weight excluding hydrogens is 259 g/mol. The molecule has 0 nitrogen and oxygen atoms in total. The molecule has 0 amide bonds. The van der Waals surface area contributed by atoms with Gasteiger partial charge < -0.3 is 0 Å². The van der Waals surface area contributed by atoms with Crippen molar-refractivity contribution in [1.29, 1.82) is 0 Å². The van der Waals surface area contributed by atoms with Crippen molar-refractivity contribution in [2.45, 2.75) is 24.7 Å². The van der Waals surface area contributed by atoms with Gasteiger partial charge in [0, 0.05) is 15.8 Å². The number of aryl methyl sites for hydroxylation is 1. The molecule has 1 saturated carbocycles. The highest BCUT2D eigenvalue weighted by Gasteiger charge is 2.57. The molecule has 0 aliphatic heterocycles. The van der Waals surface area contributed by atoms with Crippen LogP contribution in [-0.4, -0.2) is 5.88 Å². The molecule has 1 spiro atoms. The fourth-order valence-corrected chi connectivity index (χ4v) is 3.78. The van der Waals surface area contributed by atoms with Crippen molar-refractivity contribution < 1.29 is 0 Å². The molecule has 0 aromatic heterocycles. The molecular formula is C12H12BrCl. The minimum Gasteiger partial charge on any atom is -0.126 e. The number of halogens is 2. The average molecular weight is 272 g/mol. The second-order valence-corrected chi connectivity index (χ2v) is 5.74. The van der Waals surface area contributed by atoms with E-state index in [1.165, 1.54) is 29.3 Å². The maximum absolute atomic E-state index is 5.96. The molecule has 1 aromatic carbocycles. The number of alkyl halides is 1. The van der Waals surface area contributed by atoms with Gasteiger partial charge in [-0.25, -0.2) is 0 Å². The van der Waals surface area contributed by atoms with Gasteiger partial charge in [0.05, 0.1) is 0 Å². The van der Waals surface area contributed by atoms with E-state index in [4.69, 9.17) is 11.6 Å². The first kappa shape index (κ1) is 9.23. The summed E-state index contributed by atoms with van der Waals surface area (Å²) in [5.74, 6) is 1.57. The van der Waals surface area contributed by atoms with Crippen molar-refractivity contribution in [2.75, 3.05) is 5.88 Å². The summed E-state index contributed by atoms with van der Waals surface area (Å²) >= 11 is 9.49. The molecule has 74 valence electrons. The van der Waals surface area contributed by atoms with Gasteiger partial charge in [0.25, 0.3) is 0 Å². The van der Waals surface area contributed by atoms with Crippen LogP contribution in [0.3, 0.4) is 0 Å². The smallest absolute Gasteiger partial charge is 0.0260 e. The minimum atomic E-state index is 0.484. The van der Waals surface area contributed by atoms with E-state index in [0.717, 1.165) is 11.8 Å². The van der Waals surface area contributed by atoms with Crippen LogP contribution in [0.4, 0.5) is 0 Å². The zero-order valence-electron chi connectivity index (χ0n) is 7.89. The van der Waals surface area contributed by atoms with Crippen molar-refractivity contribution in [2.24, 2.45) is 5.92 Å². The lowest BCUT2D eigenvalue weighted by Crippen LogP contribution is -2.05. The normalized spacial score (nSPS) is 33.4. The molecule has 1 aromatic rings. The predicted octanol–water partition coefficient (Wildman–Crippen LogP) is 3.89. The third kappa shape index (κ3) is 1.12. The van der Waals surface area contributed by atoms with Gasteiger partial charge in [-0.2, -0.15) is 0 Å². The zero-order chi connectivity index (χ0) is 9.76. The molecule has 3 rings (SSSR count). The summed E-state index contributed by atoms with van der Waals surface area (Å²) < 4.78 is 1.20. The third-order valence-corrected chi connectivity index (χ3v) is 4.73. The molecule has 1 fully saturated rings. The molecule has 0 radical (unpaired) electrons. The Morgan fingerprint density at radius 3 is 3.07 bits per heavy atom. The van der Waals surface area contributed by atoms with Crippen LogP contribution in [0.1, 0.15) is 24.0 Å². The lowest BCUT2D eigenvalue weighted by atomic mass is 9.96. The molecule has 2 atom stereocenters. The quantitative estimate of drug-likeness (QED) is 0.680. The van der Waals surface area contributed by atoms with Crippen LogP contribution in [0.25, 0.3) is 0 Å². The first-order valence-electron chi connectivity index (χ1n) is 5.11. The van der Waals surface area contributed by atoms with Crippen LogP contribution in [0.5, 0.6) is 0 Å². The van der Waals surface area contributed by atoms with Crippen LogP contribution >= 0.6 is 27.5 Å². The average Bonchev–Trinajstić information content (AvgIpc) is 2.78. The van der Waals surface area contributed by atoms with E-state index >= 15 is 0 Å². The fourth-order valence-electron chi connectivity index (χ4n) is 2.97. The SMILES string of the molecule is ClCC1CC12CCc1cc(Br)ccc12. The largest absolute Gasteiger partial charge is 0.126 e. The van der Waals surface area contributed by atoms with E-state index in [1.54, 1.807) is 5.56 Å². The van der Waals surface area contributed by atoms with Crippen molar-refractivity contribution >= 4 is 27.5 Å². The van der Waals surface area contributed by atoms with Crippen LogP contribution < -0.4 is 0 Å². The molecule has 2 heteroatoms. The first-order chi connectivity index (χ1) is 6.76. The van der Waals surface area contributed by atoms with Crippen LogP contribution in [0.15, 0.2) is 22.7 Å². The van der Waals surface area contributed by atoms with Gasteiger partial charge in [0.1, 0.15) is 0 Å². The van der Waals surface area contributed by atoms with Crippen molar-refractivity contribution in [1.82, 2.24) is 0 Å². The summed E-state index contributed by atoms with van der Waals surface area (Å²) in [4.78, 5) is 0. The summed E-state index contributed by atoms with van der Waals surface area (Å²) in [6.45, 7) is 0. The van der Waals surface area contributed by atoms with E-state index in [2.05, 4.69) is 34.1 Å². The van der Waals surface area contributed by atoms with Gasteiger partial charge in [-0.05, 0) is 48.4 Å². The highest BCUT2D eigenvalue weighted by atomic mass is 79.9. The summed E-state index contributed by atoms with van der Waals surface area (Å²) in [5, 5.41) is 0. The zero-order valence-corrected chi connectivity index (χ0v) is 10.2. The van der Waals surface area contributed by atoms with Crippen LogP contribution in [0, 0.1) is 5.92 Å². The predicted molar refractivity (Wildman–Crippen MR) is 63.0 cm³/mol. The molecule has 2 unspecified atom stereocenters. The molecule has 2 aliphatic carbocycles. The third-order valence-electron chi connectivity index (χ3n) is 3.86. The first-order valence-corrected chi connectivity index (χ1v) is 6.44. The Morgan fingerprint density at radius 1 is 1.50 bits per heavy atom. The Hall–Kier alpha value is -0.0100. The van der Waals surface area contributed by atoms with Gasteiger partial charge >= 0.3 is 0 Å². The second-order valence-electron chi connectivity index (χ2n) is 4.51. The molecule has 0 N–H and O–H groups in total. The number of hydrogen-bond acceptors (Lipinski definition) is 0. The topological polar surface area (TPSA) is 0 Å². The Labute approximate surface area is 97.8 Å². The Bertz CT molecular complexity index is 388.